The van der Waals surface area contributed by atoms with E-state index in [0.717, 1.165) is 12.0 Å². The van der Waals surface area contributed by atoms with Crippen LogP contribution in [0, 0.1) is 5.92 Å². The van der Waals surface area contributed by atoms with Gasteiger partial charge in [-0.15, -0.1) is 0 Å². The van der Waals surface area contributed by atoms with Crippen molar-refractivity contribution in [3.8, 4) is 0 Å². The Kier molecular flexibility index (Phi) is 6.81. The van der Waals surface area contributed by atoms with Crippen LogP contribution in [0.1, 0.15) is 58.7 Å². The summed E-state index contributed by atoms with van der Waals surface area (Å²) in [5.41, 5.74) is 1.13. The number of rotatable bonds is 7. The summed E-state index contributed by atoms with van der Waals surface area (Å²) in [6, 6.07) is 7.93. The number of carbonyl (C=O) groups is 2. The molecular weight excluding hydrogens is 304 g/mol. The first-order valence-corrected chi connectivity index (χ1v) is 8.58. The van der Waals surface area contributed by atoms with Crippen LogP contribution < -0.4 is 5.32 Å². The summed E-state index contributed by atoms with van der Waals surface area (Å²) >= 11 is 0. The lowest BCUT2D eigenvalue weighted by Crippen LogP contribution is -2.61. The van der Waals surface area contributed by atoms with E-state index in [4.69, 9.17) is 0 Å². The highest BCUT2D eigenvalue weighted by molar-refractivity contribution is 5.89. The highest BCUT2D eigenvalue weighted by atomic mass is 16.4. The molecule has 1 rings (SSSR count). The number of aryl methyl sites for hydroxylation is 1. The number of amides is 2. The monoisotopic (exact) mass is 334 g/mol. The third-order valence-electron chi connectivity index (χ3n) is 4.93. The van der Waals surface area contributed by atoms with E-state index >= 15 is 0 Å². The fraction of sp³-hybridized carbons (Fsp3) is 0.579. The summed E-state index contributed by atoms with van der Waals surface area (Å²) in [5.74, 6) is -0.419. The van der Waals surface area contributed by atoms with E-state index in [0.29, 0.717) is 0 Å². The van der Waals surface area contributed by atoms with Gasteiger partial charge in [-0.05, 0) is 44.2 Å². The van der Waals surface area contributed by atoms with Crippen LogP contribution in [0.25, 0.3) is 0 Å². The molecule has 1 aromatic carbocycles. The van der Waals surface area contributed by atoms with Crippen molar-refractivity contribution >= 4 is 12.0 Å². The average Bonchev–Trinajstić information content (AvgIpc) is 2.54. The minimum atomic E-state index is -1.11. The van der Waals surface area contributed by atoms with Crippen molar-refractivity contribution in [1.82, 2.24) is 10.2 Å². The number of hydrogen-bond donors (Lipinski definition) is 2. The molecule has 0 fully saturated rings. The van der Waals surface area contributed by atoms with Crippen molar-refractivity contribution in [2.75, 3.05) is 6.54 Å². The van der Waals surface area contributed by atoms with E-state index in [9.17, 15) is 14.7 Å². The van der Waals surface area contributed by atoms with Crippen molar-refractivity contribution < 1.29 is 14.7 Å². The van der Waals surface area contributed by atoms with E-state index in [1.54, 1.807) is 13.8 Å². The smallest absolute Gasteiger partial charge is 0.408 e. The largest absolute Gasteiger partial charge is 0.465 e. The highest BCUT2D eigenvalue weighted by Gasteiger charge is 2.44. The second kappa shape index (κ2) is 8.18. The van der Waals surface area contributed by atoms with Gasteiger partial charge in [0.15, 0.2) is 0 Å². The highest BCUT2D eigenvalue weighted by Crippen LogP contribution is 2.27. The molecule has 5 nitrogen and oxygen atoms in total. The summed E-state index contributed by atoms with van der Waals surface area (Å²) in [6.45, 7) is 11.4. The fourth-order valence-corrected chi connectivity index (χ4v) is 2.83. The Morgan fingerprint density at radius 2 is 1.71 bits per heavy atom. The first kappa shape index (κ1) is 20.0. The van der Waals surface area contributed by atoms with Crippen LogP contribution in [0.5, 0.6) is 0 Å². The zero-order valence-corrected chi connectivity index (χ0v) is 15.6. The van der Waals surface area contributed by atoms with Gasteiger partial charge >= 0.3 is 6.09 Å². The van der Waals surface area contributed by atoms with Crippen LogP contribution >= 0.6 is 0 Å². The van der Waals surface area contributed by atoms with Crippen LogP contribution in [-0.4, -0.2) is 34.1 Å². The van der Waals surface area contributed by atoms with Gasteiger partial charge in [0.1, 0.15) is 5.54 Å². The Balaban J connectivity index is 3.01. The van der Waals surface area contributed by atoms with Gasteiger partial charge in [-0.1, -0.05) is 45.0 Å². The number of benzene rings is 1. The van der Waals surface area contributed by atoms with Crippen molar-refractivity contribution in [1.29, 1.82) is 0 Å². The molecular formula is C19H30N2O3. The second-order valence-corrected chi connectivity index (χ2v) is 6.62. The Bertz CT molecular complexity index is 568. The van der Waals surface area contributed by atoms with Gasteiger partial charge < -0.3 is 10.4 Å². The first-order chi connectivity index (χ1) is 11.2. The van der Waals surface area contributed by atoms with E-state index < -0.39 is 11.6 Å². The lowest BCUT2D eigenvalue weighted by Gasteiger charge is -2.41. The number of hydrogen-bond acceptors (Lipinski definition) is 2. The predicted octanol–water partition coefficient (Wildman–Crippen LogP) is 3.84. The van der Waals surface area contributed by atoms with Gasteiger partial charge in [0.25, 0.3) is 0 Å². The SMILES string of the molecule is CCc1ccc(C(C)NC(=O)C(C)(C(C)C)N(CC)C(=O)O)cc1. The molecule has 0 aliphatic carbocycles. The Morgan fingerprint density at radius 3 is 2.08 bits per heavy atom. The van der Waals surface area contributed by atoms with Crippen LogP contribution in [0.4, 0.5) is 4.79 Å². The molecule has 0 saturated heterocycles. The molecule has 0 bridgehead atoms. The van der Waals surface area contributed by atoms with E-state index in [1.165, 1.54) is 10.5 Å². The molecule has 0 saturated carbocycles. The lowest BCUT2D eigenvalue weighted by atomic mass is 9.85. The van der Waals surface area contributed by atoms with E-state index in [2.05, 4.69) is 24.4 Å². The van der Waals surface area contributed by atoms with Gasteiger partial charge in [-0.25, -0.2) is 4.79 Å². The fourth-order valence-electron chi connectivity index (χ4n) is 2.83. The molecule has 2 N–H and O–H groups in total. The number of likely N-dealkylation sites (N-methyl/N-ethyl adjacent to an activating group) is 1. The molecule has 2 unspecified atom stereocenters. The van der Waals surface area contributed by atoms with Crippen molar-refractivity contribution in [3.63, 3.8) is 0 Å². The number of nitrogens with zero attached hydrogens (tertiary/aromatic N) is 1. The number of carbonyl (C=O) groups excluding carboxylic acids is 1. The Hall–Kier alpha value is -2.04. The number of nitrogens with one attached hydrogen (secondary N) is 1. The average molecular weight is 334 g/mol. The third kappa shape index (κ3) is 4.08. The normalized spacial score (nSPS) is 14.8. The standard InChI is InChI=1S/C19H30N2O3/c1-7-15-9-11-16(12-10-15)14(5)20-17(22)19(6,13(3)4)21(8-2)18(23)24/h9-14H,7-8H2,1-6H3,(H,20,22)(H,23,24). The number of carboxylic acid groups (broad SMARTS) is 1. The summed E-state index contributed by atoms with van der Waals surface area (Å²) in [4.78, 5) is 25.7. The Labute approximate surface area is 145 Å². The second-order valence-electron chi connectivity index (χ2n) is 6.62. The molecule has 1 aromatic rings. The molecule has 0 aliphatic rings. The molecule has 0 aliphatic heterocycles. The topological polar surface area (TPSA) is 69.6 Å². The van der Waals surface area contributed by atoms with Crippen LogP contribution in [-0.2, 0) is 11.2 Å². The van der Waals surface area contributed by atoms with Crippen LogP contribution in [0.2, 0.25) is 0 Å². The molecule has 0 radical (unpaired) electrons. The van der Waals surface area contributed by atoms with Gasteiger partial charge in [0, 0.05) is 6.54 Å². The van der Waals surface area contributed by atoms with Gasteiger partial charge in [0.05, 0.1) is 6.04 Å². The zero-order valence-electron chi connectivity index (χ0n) is 15.6. The van der Waals surface area contributed by atoms with E-state index in [-0.39, 0.29) is 24.4 Å². The van der Waals surface area contributed by atoms with Gasteiger partial charge in [-0.2, -0.15) is 0 Å². The molecule has 0 spiro atoms. The molecule has 0 heterocycles. The quantitative estimate of drug-likeness (QED) is 0.796. The maximum Gasteiger partial charge on any atom is 0.408 e. The summed E-state index contributed by atoms with van der Waals surface area (Å²) in [5, 5.41) is 12.4. The molecule has 134 valence electrons. The minimum Gasteiger partial charge on any atom is -0.465 e. The minimum absolute atomic E-state index is 0.150. The molecule has 2 amide bonds. The van der Waals surface area contributed by atoms with Gasteiger partial charge in [-0.3, -0.25) is 9.69 Å². The van der Waals surface area contributed by atoms with Crippen LogP contribution in [0.15, 0.2) is 24.3 Å². The van der Waals surface area contributed by atoms with Crippen molar-refractivity contribution in [2.45, 2.75) is 59.5 Å². The first-order valence-electron chi connectivity index (χ1n) is 8.58. The maximum absolute atomic E-state index is 12.9. The lowest BCUT2D eigenvalue weighted by molar-refractivity contribution is -0.135. The molecule has 24 heavy (non-hydrogen) atoms. The molecule has 5 heteroatoms. The third-order valence-corrected chi connectivity index (χ3v) is 4.93. The molecule has 2 atom stereocenters. The van der Waals surface area contributed by atoms with Crippen molar-refractivity contribution in [2.24, 2.45) is 5.92 Å². The van der Waals surface area contributed by atoms with Crippen LogP contribution in [0.3, 0.4) is 0 Å². The van der Waals surface area contributed by atoms with Crippen molar-refractivity contribution in [3.05, 3.63) is 35.4 Å². The van der Waals surface area contributed by atoms with E-state index in [1.807, 2.05) is 32.9 Å². The predicted molar refractivity (Wildman–Crippen MR) is 96.0 cm³/mol. The maximum atomic E-state index is 12.9. The molecule has 0 aromatic heterocycles. The zero-order chi connectivity index (χ0) is 18.5. The summed E-state index contributed by atoms with van der Waals surface area (Å²) in [6.07, 6.45) is -0.111. The summed E-state index contributed by atoms with van der Waals surface area (Å²) < 4.78 is 0. The summed E-state index contributed by atoms with van der Waals surface area (Å²) in [7, 11) is 0. The Morgan fingerprint density at radius 1 is 1.17 bits per heavy atom. The van der Waals surface area contributed by atoms with Gasteiger partial charge in [0.2, 0.25) is 5.91 Å².